The predicted molar refractivity (Wildman–Crippen MR) is 50.2 cm³/mol. The molecule has 1 aromatic heterocycles. The lowest BCUT2D eigenvalue weighted by molar-refractivity contribution is 0.409. The molecule has 0 amide bonds. The molecule has 0 aliphatic carbocycles. The molecule has 0 atom stereocenters. The highest BCUT2D eigenvalue weighted by atomic mass is 35.5. The zero-order valence-electron chi connectivity index (χ0n) is 7.63. The summed E-state index contributed by atoms with van der Waals surface area (Å²) in [6, 6.07) is 0. The third kappa shape index (κ3) is 2.22. The summed E-state index contributed by atoms with van der Waals surface area (Å²) < 4.78 is 1.72. The van der Waals surface area contributed by atoms with Crippen molar-refractivity contribution in [3.05, 3.63) is 16.9 Å². The van der Waals surface area contributed by atoms with Crippen LogP contribution >= 0.6 is 11.6 Å². The Morgan fingerprint density at radius 1 is 1.67 bits per heavy atom. The molecular weight excluding hydrogens is 174 g/mol. The van der Waals surface area contributed by atoms with Crippen LogP contribution in [0.1, 0.15) is 19.4 Å². The van der Waals surface area contributed by atoms with Crippen molar-refractivity contribution in [3.8, 4) is 0 Å². The third-order valence-electron chi connectivity index (χ3n) is 1.50. The van der Waals surface area contributed by atoms with E-state index in [1.165, 1.54) is 0 Å². The highest BCUT2D eigenvalue weighted by Gasteiger charge is 2.14. The quantitative estimate of drug-likeness (QED) is 0.764. The van der Waals surface area contributed by atoms with Crippen LogP contribution in [0.2, 0.25) is 5.15 Å². The first-order valence-electron chi connectivity index (χ1n) is 3.87. The van der Waals surface area contributed by atoms with E-state index in [1.807, 2.05) is 20.8 Å². The molecule has 68 valence electrons. The Balaban J connectivity index is 2.83. The number of halogens is 1. The minimum atomic E-state index is -0.276. The van der Waals surface area contributed by atoms with Gasteiger partial charge in [-0.15, -0.1) is 0 Å². The molecule has 0 fully saturated rings. The molecule has 2 N–H and O–H groups in total. The molecular formula is C8H14ClN3. The summed E-state index contributed by atoms with van der Waals surface area (Å²) in [5.74, 6) is 0. The maximum Gasteiger partial charge on any atom is 0.130 e. The Morgan fingerprint density at radius 2 is 2.25 bits per heavy atom. The standard InChI is InChI=1S/C8H14ClN3/c1-6-4-11-12(7(6)9)5-8(2,3)10/h4H,5,10H2,1-3H3. The van der Waals surface area contributed by atoms with E-state index >= 15 is 0 Å². The van der Waals surface area contributed by atoms with Crippen LogP contribution < -0.4 is 5.73 Å². The summed E-state index contributed by atoms with van der Waals surface area (Å²) in [7, 11) is 0. The first-order valence-corrected chi connectivity index (χ1v) is 4.25. The van der Waals surface area contributed by atoms with Crippen LogP contribution in [0.4, 0.5) is 0 Å². The maximum atomic E-state index is 5.96. The second-order valence-corrected chi connectivity index (χ2v) is 4.12. The van der Waals surface area contributed by atoms with E-state index in [2.05, 4.69) is 5.10 Å². The van der Waals surface area contributed by atoms with E-state index < -0.39 is 0 Å². The number of aromatic nitrogens is 2. The lowest BCUT2D eigenvalue weighted by atomic mass is 10.1. The maximum absolute atomic E-state index is 5.96. The average Bonchev–Trinajstić information content (AvgIpc) is 2.16. The lowest BCUT2D eigenvalue weighted by Gasteiger charge is -2.18. The molecule has 1 rings (SSSR count). The van der Waals surface area contributed by atoms with Gasteiger partial charge in [0.1, 0.15) is 5.15 Å². The Labute approximate surface area is 77.5 Å². The minimum Gasteiger partial charge on any atom is -0.324 e. The van der Waals surface area contributed by atoms with Crippen LogP contribution in [0.25, 0.3) is 0 Å². The first kappa shape index (κ1) is 9.55. The summed E-state index contributed by atoms with van der Waals surface area (Å²) in [6.45, 7) is 6.45. The molecule has 1 aromatic rings. The fraction of sp³-hybridized carbons (Fsp3) is 0.625. The Morgan fingerprint density at radius 3 is 2.58 bits per heavy atom. The smallest absolute Gasteiger partial charge is 0.130 e. The van der Waals surface area contributed by atoms with Crippen molar-refractivity contribution in [1.29, 1.82) is 0 Å². The van der Waals surface area contributed by atoms with Crippen molar-refractivity contribution in [2.24, 2.45) is 5.73 Å². The van der Waals surface area contributed by atoms with E-state index in [0.29, 0.717) is 11.7 Å². The summed E-state index contributed by atoms with van der Waals surface area (Å²) in [5.41, 5.74) is 6.54. The molecule has 4 heteroatoms. The van der Waals surface area contributed by atoms with Gasteiger partial charge in [0, 0.05) is 11.1 Å². The monoisotopic (exact) mass is 187 g/mol. The average molecular weight is 188 g/mol. The van der Waals surface area contributed by atoms with Crippen molar-refractivity contribution in [3.63, 3.8) is 0 Å². The van der Waals surface area contributed by atoms with Crippen molar-refractivity contribution < 1.29 is 0 Å². The Kier molecular flexibility index (Phi) is 2.44. The molecule has 0 aliphatic rings. The molecule has 3 nitrogen and oxygen atoms in total. The van der Waals surface area contributed by atoms with Crippen LogP contribution in [-0.2, 0) is 6.54 Å². The van der Waals surface area contributed by atoms with Crippen molar-refractivity contribution in [2.75, 3.05) is 0 Å². The Bertz CT molecular complexity index is 272. The normalized spacial score (nSPS) is 12.1. The van der Waals surface area contributed by atoms with Gasteiger partial charge in [-0.3, -0.25) is 4.68 Å². The topological polar surface area (TPSA) is 43.8 Å². The van der Waals surface area contributed by atoms with E-state index in [-0.39, 0.29) is 5.54 Å². The van der Waals surface area contributed by atoms with Crippen LogP contribution in [0, 0.1) is 6.92 Å². The molecule has 0 aromatic carbocycles. The van der Waals surface area contributed by atoms with Gasteiger partial charge in [-0.2, -0.15) is 5.10 Å². The van der Waals surface area contributed by atoms with Gasteiger partial charge in [-0.05, 0) is 20.8 Å². The van der Waals surface area contributed by atoms with Gasteiger partial charge in [-0.1, -0.05) is 11.6 Å². The molecule has 0 aliphatic heterocycles. The Hall–Kier alpha value is -0.540. The van der Waals surface area contributed by atoms with Crippen LogP contribution in [-0.4, -0.2) is 15.3 Å². The molecule has 0 radical (unpaired) electrons. The second-order valence-electron chi connectivity index (χ2n) is 3.76. The van der Waals surface area contributed by atoms with Crippen LogP contribution in [0.15, 0.2) is 6.20 Å². The summed E-state index contributed by atoms with van der Waals surface area (Å²) in [6.07, 6.45) is 1.74. The van der Waals surface area contributed by atoms with Gasteiger partial charge in [-0.25, -0.2) is 0 Å². The fourth-order valence-electron chi connectivity index (χ4n) is 0.960. The van der Waals surface area contributed by atoms with Gasteiger partial charge in [0.05, 0.1) is 12.7 Å². The lowest BCUT2D eigenvalue weighted by Crippen LogP contribution is -2.37. The minimum absolute atomic E-state index is 0.276. The SMILES string of the molecule is Cc1cnn(CC(C)(C)N)c1Cl. The van der Waals surface area contributed by atoms with E-state index in [1.54, 1.807) is 10.9 Å². The zero-order chi connectivity index (χ0) is 9.35. The molecule has 1 heterocycles. The van der Waals surface area contributed by atoms with Crippen molar-refractivity contribution in [1.82, 2.24) is 9.78 Å². The second kappa shape index (κ2) is 3.07. The van der Waals surface area contributed by atoms with Gasteiger partial charge < -0.3 is 5.73 Å². The van der Waals surface area contributed by atoms with E-state index in [0.717, 1.165) is 5.56 Å². The number of aryl methyl sites for hydroxylation is 1. The first-order chi connectivity index (χ1) is 5.40. The predicted octanol–water partition coefficient (Wildman–Crippen LogP) is 1.58. The number of nitrogens with two attached hydrogens (primary N) is 1. The third-order valence-corrected chi connectivity index (χ3v) is 1.99. The highest BCUT2D eigenvalue weighted by molar-refractivity contribution is 6.30. The molecule has 12 heavy (non-hydrogen) atoms. The zero-order valence-corrected chi connectivity index (χ0v) is 8.39. The van der Waals surface area contributed by atoms with E-state index in [9.17, 15) is 0 Å². The van der Waals surface area contributed by atoms with Gasteiger partial charge >= 0.3 is 0 Å². The number of hydrogen-bond acceptors (Lipinski definition) is 2. The number of hydrogen-bond donors (Lipinski definition) is 1. The summed E-state index contributed by atoms with van der Waals surface area (Å²) in [5, 5.41) is 4.78. The van der Waals surface area contributed by atoms with Crippen molar-refractivity contribution >= 4 is 11.6 Å². The fourth-order valence-corrected chi connectivity index (χ4v) is 1.11. The molecule has 0 bridgehead atoms. The molecule has 0 saturated heterocycles. The summed E-state index contributed by atoms with van der Waals surface area (Å²) >= 11 is 5.96. The van der Waals surface area contributed by atoms with Crippen molar-refractivity contribution in [2.45, 2.75) is 32.9 Å². The van der Waals surface area contributed by atoms with Gasteiger partial charge in [0.25, 0.3) is 0 Å². The number of rotatable bonds is 2. The molecule has 0 unspecified atom stereocenters. The van der Waals surface area contributed by atoms with Crippen LogP contribution in [0.5, 0.6) is 0 Å². The van der Waals surface area contributed by atoms with Crippen LogP contribution in [0.3, 0.4) is 0 Å². The largest absolute Gasteiger partial charge is 0.324 e. The number of nitrogens with zero attached hydrogens (tertiary/aromatic N) is 2. The van der Waals surface area contributed by atoms with E-state index in [4.69, 9.17) is 17.3 Å². The van der Waals surface area contributed by atoms with Gasteiger partial charge in [0.2, 0.25) is 0 Å². The molecule has 0 spiro atoms. The highest BCUT2D eigenvalue weighted by Crippen LogP contribution is 2.15. The molecule has 0 saturated carbocycles. The summed E-state index contributed by atoms with van der Waals surface area (Å²) in [4.78, 5) is 0. The van der Waals surface area contributed by atoms with Gasteiger partial charge in [0.15, 0.2) is 0 Å².